The summed E-state index contributed by atoms with van der Waals surface area (Å²) >= 11 is 0. The van der Waals surface area contributed by atoms with E-state index < -0.39 is 0 Å². The molecule has 1 saturated carbocycles. The lowest BCUT2D eigenvalue weighted by Gasteiger charge is -2.35. The molecule has 1 aliphatic rings. The summed E-state index contributed by atoms with van der Waals surface area (Å²) < 4.78 is 0. The lowest BCUT2D eigenvalue weighted by Crippen LogP contribution is -2.45. The van der Waals surface area contributed by atoms with Gasteiger partial charge in [-0.05, 0) is 53.6 Å². The Hall–Kier alpha value is -0.610. The smallest absolute Gasteiger partial charge is 0.236 e. The maximum absolute atomic E-state index is 12.1. The molecule has 0 heterocycles. The van der Waals surface area contributed by atoms with Crippen molar-refractivity contribution in [2.24, 2.45) is 0 Å². The average Bonchev–Trinajstić information content (AvgIpc) is 2.40. The third-order valence-electron chi connectivity index (χ3n) is 4.23. The van der Waals surface area contributed by atoms with Crippen LogP contribution in [0.4, 0.5) is 0 Å². The minimum absolute atomic E-state index is 0.262. The summed E-state index contributed by atoms with van der Waals surface area (Å²) in [6.07, 6.45) is 4.86. The fourth-order valence-corrected chi connectivity index (χ4v) is 2.82. The van der Waals surface area contributed by atoms with E-state index in [0.717, 1.165) is 13.1 Å². The van der Waals surface area contributed by atoms with Gasteiger partial charge in [0.05, 0.1) is 6.54 Å². The van der Waals surface area contributed by atoms with Crippen molar-refractivity contribution >= 4 is 5.91 Å². The summed E-state index contributed by atoms with van der Waals surface area (Å²) in [6, 6.07) is 1.25. The van der Waals surface area contributed by atoms with E-state index in [1.807, 2.05) is 25.8 Å². The van der Waals surface area contributed by atoms with Crippen LogP contribution in [0.5, 0.6) is 0 Å². The summed E-state index contributed by atoms with van der Waals surface area (Å²) in [7, 11) is 4.13. The number of rotatable bonds is 6. The predicted octanol–water partition coefficient (Wildman–Crippen LogP) is 1.32. The van der Waals surface area contributed by atoms with E-state index in [-0.39, 0.29) is 5.91 Å². The van der Waals surface area contributed by atoms with Crippen molar-refractivity contribution in [3.05, 3.63) is 0 Å². The van der Waals surface area contributed by atoms with Crippen LogP contribution in [0, 0.1) is 0 Å². The quantitative estimate of drug-likeness (QED) is 0.777. The zero-order chi connectivity index (χ0) is 13.5. The van der Waals surface area contributed by atoms with Gasteiger partial charge >= 0.3 is 0 Å². The van der Waals surface area contributed by atoms with Crippen molar-refractivity contribution in [3.8, 4) is 0 Å². The largest absolute Gasteiger partial charge is 0.342 e. The SMILES string of the molecule is CCN(CC)C(=O)CN(C)C1CCC(NC)CC1. The maximum atomic E-state index is 12.1. The van der Waals surface area contributed by atoms with E-state index in [2.05, 4.69) is 17.3 Å². The van der Waals surface area contributed by atoms with Crippen LogP contribution >= 0.6 is 0 Å². The van der Waals surface area contributed by atoms with Gasteiger partial charge in [0.25, 0.3) is 0 Å². The Kier molecular flexibility index (Phi) is 6.65. The monoisotopic (exact) mass is 255 g/mol. The van der Waals surface area contributed by atoms with Crippen LogP contribution in [0.3, 0.4) is 0 Å². The molecule has 0 bridgehead atoms. The molecule has 106 valence electrons. The van der Waals surface area contributed by atoms with Gasteiger partial charge < -0.3 is 10.2 Å². The molecule has 0 spiro atoms. The molecular formula is C14H29N3O. The van der Waals surface area contributed by atoms with E-state index in [1.54, 1.807) is 0 Å². The van der Waals surface area contributed by atoms with Crippen molar-refractivity contribution in [2.75, 3.05) is 33.7 Å². The first kappa shape index (κ1) is 15.4. The highest BCUT2D eigenvalue weighted by Gasteiger charge is 2.24. The maximum Gasteiger partial charge on any atom is 0.236 e. The molecule has 1 fully saturated rings. The first-order chi connectivity index (χ1) is 8.62. The Bertz CT molecular complexity index is 245. The number of nitrogens with zero attached hydrogens (tertiary/aromatic N) is 2. The fraction of sp³-hybridized carbons (Fsp3) is 0.929. The molecule has 0 radical (unpaired) electrons. The Morgan fingerprint density at radius 1 is 1.17 bits per heavy atom. The van der Waals surface area contributed by atoms with Gasteiger partial charge in [0.15, 0.2) is 0 Å². The Morgan fingerprint density at radius 3 is 2.17 bits per heavy atom. The zero-order valence-corrected chi connectivity index (χ0v) is 12.4. The Balaban J connectivity index is 2.37. The van der Waals surface area contributed by atoms with Crippen LogP contribution in [0.25, 0.3) is 0 Å². The summed E-state index contributed by atoms with van der Waals surface area (Å²) in [5.74, 6) is 0.262. The summed E-state index contributed by atoms with van der Waals surface area (Å²) in [5, 5.41) is 3.35. The summed E-state index contributed by atoms with van der Waals surface area (Å²) in [4.78, 5) is 16.2. The molecule has 18 heavy (non-hydrogen) atoms. The fourth-order valence-electron chi connectivity index (χ4n) is 2.82. The van der Waals surface area contributed by atoms with Gasteiger partial charge in [0, 0.05) is 25.2 Å². The standard InChI is InChI=1S/C14H29N3O/c1-5-17(6-2)14(18)11-16(4)13-9-7-12(15-3)8-10-13/h12-13,15H,5-11H2,1-4H3. The van der Waals surface area contributed by atoms with E-state index in [1.165, 1.54) is 25.7 Å². The van der Waals surface area contributed by atoms with Crippen molar-refractivity contribution in [2.45, 2.75) is 51.6 Å². The molecule has 0 aromatic rings. The third-order valence-corrected chi connectivity index (χ3v) is 4.23. The highest BCUT2D eigenvalue weighted by Crippen LogP contribution is 2.22. The van der Waals surface area contributed by atoms with Crippen molar-refractivity contribution in [1.82, 2.24) is 15.1 Å². The van der Waals surface area contributed by atoms with Gasteiger partial charge in [0.2, 0.25) is 5.91 Å². The molecule has 0 unspecified atom stereocenters. The number of carbonyl (C=O) groups is 1. The minimum atomic E-state index is 0.262. The van der Waals surface area contributed by atoms with Gasteiger partial charge in [-0.1, -0.05) is 0 Å². The van der Waals surface area contributed by atoms with Crippen LogP contribution < -0.4 is 5.32 Å². The predicted molar refractivity (Wildman–Crippen MR) is 75.7 cm³/mol. The van der Waals surface area contributed by atoms with Crippen molar-refractivity contribution < 1.29 is 4.79 Å². The highest BCUT2D eigenvalue weighted by molar-refractivity contribution is 5.78. The Labute approximate surface area is 112 Å². The molecule has 1 aliphatic carbocycles. The number of likely N-dealkylation sites (N-methyl/N-ethyl adjacent to an activating group) is 2. The van der Waals surface area contributed by atoms with Gasteiger partial charge in [-0.2, -0.15) is 0 Å². The Morgan fingerprint density at radius 2 is 1.72 bits per heavy atom. The normalized spacial score (nSPS) is 24.3. The van der Waals surface area contributed by atoms with Crippen molar-refractivity contribution in [1.29, 1.82) is 0 Å². The molecule has 4 heteroatoms. The molecule has 4 nitrogen and oxygen atoms in total. The summed E-state index contributed by atoms with van der Waals surface area (Å²) in [6.45, 7) is 6.28. The molecule has 1 rings (SSSR count). The first-order valence-corrected chi connectivity index (χ1v) is 7.27. The number of hydrogen-bond donors (Lipinski definition) is 1. The second-order valence-corrected chi connectivity index (χ2v) is 5.28. The van der Waals surface area contributed by atoms with Gasteiger partial charge in [-0.25, -0.2) is 0 Å². The topological polar surface area (TPSA) is 35.6 Å². The molecule has 0 aromatic carbocycles. The van der Waals surface area contributed by atoms with E-state index in [4.69, 9.17) is 0 Å². The number of amides is 1. The highest BCUT2D eigenvalue weighted by atomic mass is 16.2. The number of carbonyl (C=O) groups excluding carboxylic acids is 1. The third kappa shape index (κ3) is 4.25. The second-order valence-electron chi connectivity index (χ2n) is 5.28. The average molecular weight is 255 g/mol. The molecule has 0 aromatic heterocycles. The number of nitrogens with one attached hydrogen (secondary N) is 1. The lowest BCUT2D eigenvalue weighted by molar-refractivity contribution is -0.132. The minimum Gasteiger partial charge on any atom is -0.342 e. The molecule has 0 atom stereocenters. The van der Waals surface area contributed by atoms with Gasteiger partial charge in [0.1, 0.15) is 0 Å². The van der Waals surface area contributed by atoms with Crippen molar-refractivity contribution in [3.63, 3.8) is 0 Å². The van der Waals surface area contributed by atoms with Crippen LogP contribution in [-0.4, -0.2) is 61.5 Å². The first-order valence-electron chi connectivity index (χ1n) is 7.27. The van der Waals surface area contributed by atoms with E-state index in [9.17, 15) is 4.79 Å². The van der Waals surface area contributed by atoms with Gasteiger partial charge in [-0.15, -0.1) is 0 Å². The zero-order valence-electron chi connectivity index (χ0n) is 12.4. The lowest BCUT2D eigenvalue weighted by atomic mass is 9.90. The molecule has 0 aliphatic heterocycles. The molecule has 1 amide bonds. The van der Waals surface area contributed by atoms with E-state index >= 15 is 0 Å². The van der Waals surface area contributed by atoms with Crippen LogP contribution in [0.15, 0.2) is 0 Å². The molecular weight excluding hydrogens is 226 g/mol. The van der Waals surface area contributed by atoms with E-state index in [0.29, 0.717) is 18.6 Å². The van der Waals surface area contributed by atoms with Crippen LogP contribution in [0.2, 0.25) is 0 Å². The van der Waals surface area contributed by atoms with Crippen LogP contribution in [0.1, 0.15) is 39.5 Å². The molecule has 0 saturated heterocycles. The van der Waals surface area contributed by atoms with Gasteiger partial charge in [-0.3, -0.25) is 9.69 Å². The number of hydrogen-bond acceptors (Lipinski definition) is 3. The summed E-state index contributed by atoms with van der Waals surface area (Å²) in [5.41, 5.74) is 0. The van der Waals surface area contributed by atoms with Crippen LogP contribution in [-0.2, 0) is 4.79 Å². The second kappa shape index (κ2) is 7.74. The molecule has 1 N–H and O–H groups in total.